The minimum absolute atomic E-state index is 0. The van der Waals surface area contributed by atoms with Gasteiger partial charge in [0.25, 0.3) is 0 Å². The summed E-state index contributed by atoms with van der Waals surface area (Å²) in [5.41, 5.74) is 4.36. The predicted octanol–water partition coefficient (Wildman–Crippen LogP) is -4.57. The van der Waals surface area contributed by atoms with Crippen molar-refractivity contribution < 1.29 is 56.6 Å². The molecular weight excluding hydrogens is 237 g/mol. The maximum Gasteiger partial charge on any atom is 1.00 e. The number of rotatable bonds is 2. The molecule has 3 heteroatoms. The van der Waals surface area contributed by atoms with Gasteiger partial charge in [-0.3, -0.25) is 0 Å². The molecule has 0 aliphatic heterocycles. The Morgan fingerprint density at radius 2 is 1.10 bits per heavy atom. The average Bonchev–Trinajstić information content (AvgIpc) is 2.49. The minimum Gasteiger partial charge on any atom is -0.226 e. The summed E-state index contributed by atoms with van der Waals surface area (Å²) < 4.78 is 0. The van der Waals surface area contributed by atoms with Gasteiger partial charge in [-0.05, 0) is 0 Å². The molecule has 21 heavy (non-hydrogen) atoms. The summed E-state index contributed by atoms with van der Waals surface area (Å²) in [5.74, 6) is 0. The zero-order chi connectivity index (χ0) is 12.2. The van der Waals surface area contributed by atoms with Crippen LogP contribution in [0.25, 0.3) is 22.3 Å². The molecule has 86 valence electrons. The van der Waals surface area contributed by atoms with Crippen LogP contribution in [0.5, 0.6) is 0 Å². The summed E-state index contributed by atoms with van der Waals surface area (Å²) in [6.45, 7) is 0. The van der Waals surface area contributed by atoms with Gasteiger partial charge in [0, 0.05) is 0 Å². The van der Waals surface area contributed by atoms with Crippen LogP contribution in [0.4, 0.5) is 0 Å². The van der Waals surface area contributed by atoms with E-state index in [9.17, 15) is 0 Å². The van der Waals surface area contributed by atoms with Gasteiger partial charge in [-0.2, -0.15) is 42.5 Å². The van der Waals surface area contributed by atoms with E-state index >= 15 is 0 Å². The fourth-order valence-corrected chi connectivity index (χ4v) is 1.89. The SMILES string of the molecule is [Li+].[Li+].[Li+].[c-]1ccccc1-c1[c-]cc(-c2[c-]cccc2)cc1. The zero-order valence-corrected chi connectivity index (χ0v) is 12.9. The van der Waals surface area contributed by atoms with Crippen LogP contribution < -0.4 is 56.6 Å². The Morgan fingerprint density at radius 1 is 0.524 bits per heavy atom. The first-order valence-electron chi connectivity index (χ1n) is 5.89. The molecule has 0 atom stereocenters. The van der Waals surface area contributed by atoms with Crippen LogP contribution in [-0.2, 0) is 0 Å². The van der Waals surface area contributed by atoms with Crippen molar-refractivity contribution in [3.63, 3.8) is 0 Å². The Hall–Kier alpha value is -0.548. The first-order valence-corrected chi connectivity index (χ1v) is 5.89. The molecule has 0 heterocycles. The van der Waals surface area contributed by atoms with Gasteiger partial charge < -0.3 is 0 Å². The van der Waals surface area contributed by atoms with Crippen LogP contribution in [0.2, 0.25) is 0 Å². The number of hydrogen-bond donors (Lipinski definition) is 0. The van der Waals surface area contributed by atoms with E-state index < -0.39 is 0 Å². The maximum absolute atomic E-state index is 3.30. The molecule has 0 spiro atoms. The maximum atomic E-state index is 3.30. The third-order valence-electron chi connectivity index (χ3n) is 2.83. The van der Waals surface area contributed by atoms with Crippen LogP contribution in [0.3, 0.4) is 0 Å². The van der Waals surface area contributed by atoms with Gasteiger partial charge in [0.05, 0.1) is 0 Å². The summed E-state index contributed by atoms with van der Waals surface area (Å²) in [6.07, 6.45) is 0. The van der Waals surface area contributed by atoms with E-state index in [4.69, 9.17) is 0 Å². The molecule has 3 aromatic carbocycles. The Bertz CT molecular complexity index is 561. The second-order valence-electron chi connectivity index (χ2n) is 4.04. The van der Waals surface area contributed by atoms with E-state index in [1.807, 2.05) is 48.5 Å². The molecule has 0 aliphatic rings. The van der Waals surface area contributed by atoms with E-state index in [1.54, 1.807) is 0 Å². The van der Waals surface area contributed by atoms with E-state index in [0.29, 0.717) is 0 Å². The second-order valence-corrected chi connectivity index (χ2v) is 4.04. The van der Waals surface area contributed by atoms with Crippen molar-refractivity contribution in [2.24, 2.45) is 0 Å². The third-order valence-corrected chi connectivity index (χ3v) is 2.83. The molecule has 3 aromatic rings. The zero-order valence-electron chi connectivity index (χ0n) is 12.9. The van der Waals surface area contributed by atoms with E-state index in [2.05, 4.69) is 36.4 Å². The largest absolute Gasteiger partial charge is 1.00 e. The molecule has 0 unspecified atom stereocenters. The molecule has 0 radical (unpaired) electrons. The van der Waals surface area contributed by atoms with Crippen molar-refractivity contribution in [1.29, 1.82) is 0 Å². The van der Waals surface area contributed by atoms with Crippen molar-refractivity contribution in [3.8, 4) is 22.3 Å². The summed E-state index contributed by atoms with van der Waals surface area (Å²) in [7, 11) is 0. The normalized spacial score (nSPS) is 8.76. The monoisotopic (exact) mass is 248 g/mol. The van der Waals surface area contributed by atoms with Crippen LogP contribution in [0.1, 0.15) is 0 Å². The Labute approximate surface area is 162 Å². The molecule has 0 aliphatic carbocycles. The molecule has 0 nitrogen and oxygen atoms in total. The van der Waals surface area contributed by atoms with Gasteiger partial charge >= 0.3 is 56.6 Å². The smallest absolute Gasteiger partial charge is 0.226 e. The van der Waals surface area contributed by atoms with Crippen molar-refractivity contribution >= 4 is 0 Å². The molecule has 0 N–H and O–H groups in total. The van der Waals surface area contributed by atoms with Crippen molar-refractivity contribution in [2.45, 2.75) is 0 Å². The van der Waals surface area contributed by atoms with Gasteiger partial charge in [-0.25, -0.2) is 11.1 Å². The average molecular weight is 248 g/mol. The van der Waals surface area contributed by atoms with Crippen molar-refractivity contribution in [2.75, 3.05) is 0 Å². The quantitative estimate of drug-likeness (QED) is 0.316. The van der Waals surface area contributed by atoms with Crippen molar-refractivity contribution in [1.82, 2.24) is 0 Å². The number of benzene rings is 3. The van der Waals surface area contributed by atoms with Crippen LogP contribution >= 0.6 is 0 Å². The second kappa shape index (κ2) is 10.2. The van der Waals surface area contributed by atoms with Crippen LogP contribution in [-0.4, -0.2) is 0 Å². The molecule has 0 amide bonds. The Morgan fingerprint density at radius 3 is 1.57 bits per heavy atom. The fourth-order valence-electron chi connectivity index (χ4n) is 1.89. The molecule has 0 saturated carbocycles. The Kier molecular flexibility index (Phi) is 9.96. The predicted molar refractivity (Wildman–Crippen MR) is 73.8 cm³/mol. The van der Waals surface area contributed by atoms with E-state index in [-0.39, 0.29) is 56.6 Å². The van der Waals surface area contributed by atoms with Gasteiger partial charge in [0.1, 0.15) is 0 Å². The molecule has 0 bridgehead atoms. The summed E-state index contributed by atoms with van der Waals surface area (Å²) in [6, 6.07) is 31.8. The number of hydrogen-bond acceptors (Lipinski definition) is 0. The van der Waals surface area contributed by atoms with Crippen molar-refractivity contribution in [3.05, 3.63) is 84.9 Å². The van der Waals surface area contributed by atoms with Crippen LogP contribution in [0.15, 0.2) is 66.7 Å². The molecule has 0 saturated heterocycles. The summed E-state index contributed by atoms with van der Waals surface area (Å²) in [5, 5.41) is 0. The molecular formula is C18H11Li3. The summed E-state index contributed by atoms with van der Waals surface area (Å²) >= 11 is 0. The topological polar surface area (TPSA) is 0 Å². The summed E-state index contributed by atoms with van der Waals surface area (Å²) in [4.78, 5) is 0. The standard InChI is InChI=1S/C18H11.3Li/c1-3-7-15(8-4-1)17-11-13-18(14-12-17)16-9-5-2-6-10-16;;;/h1-7,9,11-13H;;;/q-3;3*+1. The van der Waals surface area contributed by atoms with Gasteiger partial charge in [0.2, 0.25) is 0 Å². The Balaban J connectivity index is 0.00000133. The molecule has 3 rings (SSSR count). The van der Waals surface area contributed by atoms with E-state index in [1.165, 1.54) is 0 Å². The minimum atomic E-state index is 0. The van der Waals surface area contributed by atoms with E-state index in [0.717, 1.165) is 22.3 Å². The molecule has 0 aromatic heterocycles. The first kappa shape index (κ1) is 20.5. The fraction of sp³-hybridized carbons (Fsp3) is 0. The first-order chi connectivity index (χ1) is 8.93. The van der Waals surface area contributed by atoms with Crippen LogP contribution in [0, 0.1) is 18.2 Å². The van der Waals surface area contributed by atoms with Gasteiger partial charge in [0.15, 0.2) is 0 Å². The van der Waals surface area contributed by atoms with Gasteiger partial charge in [-0.1, -0.05) is 0 Å². The third kappa shape index (κ3) is 5.29. The molecule has 0 fully saturated rings. The van der Waals surface area contributed by atoms with Gasteiger partial charge in [-0.15, -0.1) is 53.6 Å².